The minimum absolute atomic E-state index is 0.411. The highest BCUT2D eigenvalue weighted by molar-refractivity contribution is 5.99. The predicted molar refractivity (Wildman–Crippen MR) is 82.4 cm³/mol. The molecule has 0 bridgehead atoms. The van der Waals surface area contributed by atoms with E-state index in [9.17, 15) is 18.0 Å². The van der Waals surface area contributed by atoms with Crippen LogP contribution in [0.25, 0.3) is 0 Å². The molecular formula is C17H21F3N2O. The highest BCUT2D eigenvalue weighted by atomic mass is 19.4. The molecule has 2 aliphatic heterocycles. The van der Waals surface area contributed by atoms with Crippen LogP contribution >= 0.6 is 0 Å². The highest BCUT2D eigenvalue weighted by Gasteiger charge is 2.46. The van der Waals surface area contributed by atoms with Gasteiger partial charge in [-0.25, -0.2) is 0 Å². The quantitative estimate of drug-likeness (QED) is 0.906. The molecule has 1 unspecified atom stereocenters. The van der Waals surface area contributed by atoms with E-state index < -0.39 is 18.1 Å². The van der Waals surface area contributed by atoms with E-state index in [-0.39, 0.29) is 0 Å². The molecule has 6 heteroatoms. The first-order valence-electron chi connectivity index (χ1n) is 8.09. The van der Waals surface area contributed by atoms with Crippen molar-refractivity contribution in [2.75, 3.05) is 18.0 Å². The maximum Gasteiger partial charge on any atom is 0.471 e. The van der Waals surface area contributed by atoms with Gasteiger partial charge in [-0.3, -0.25) is 4.79 Å². The van der Waals surface area contributed by atoms with Gasteiger partial charge >= 0.3 is 12.1 Å². The summed E-state index contributed by atoms with van der Waals surface area (Å²) < 4.78 is 38.3. The second-order valence-corrected chi connectivity index (χ2v) is 6.59. The van der Waals surface area contributed by atoms with Crippen LogP contribution in [0.4, 0.5) is 18.9 Å². The zero-order valence-electron chi connectivity index (χ0n) is 13.1. The molecule has 1 aromatic rings. The summed E-state index contributed by atoms with van der Waals surface area (Å²) in [5.41, 5.74) is 2.42. The molecule has 126 valence electrons. The summed E-state index contributed by atoms with van der Waals surface area (Å²) in [5.74, 6) is -1.14. The molecule has 0 saturated carbocycles. The van der Waals surface area contributed by atoms with Crippen LogP contribution < -0.4 is 10.2 Å². The van der Waals surface area contributed by atoms with Crippen molar-refractivity contribution in [3.05, 3.63) is 29.3 Å². The number of piperidine rings is 1. The fourth-order valence-electron chi connectivity index (χ4n) is 3.68. The molecule has 1 atom stereocenters. The molecule has 0 spiro atoms. The number of amides is 1. The van der Waals surface area contributed by atoms with Crippen molar-refractivity contribution < 1.29 is 18.0 Å². The lowest BCUT2D eigenvalue weighted by Gasteiger charge is -2.24. The molecule has 1 aromatic carbocycles. The summed E-state index contributed by atoms with van der Waals surface area (Å²) in [6, 6.07) is 5.08. The van der Waals surface area contributed by atoms with E-state index in [1.54, 1.807) is 13.0 Å². The van der Waals surface area contributed by atoms with Crippen LogP contribution in [0.3, 0.4) is 0 Å². The third-order valence-corrected chi connectivity index (χ3v) is 4.80. The smallest absolute Gasteiger partial charge is 0.317 e. The van der Waals surface area contributed by atoms with E-state index in [2.05, 4.69) is 5.32 Å². The highest BCUT2D eigenvalue weighted by Crippen LogP contribution is 2.36. The van der Waals surface area contributed by atoms with Crippen molar-refractivity contribution in [3.8, 4) is 0 Å². The lowest BCUT2D eigenvalue weighted by Crippen LogP contribution is -2.44. The molecule has 3 nitrogen and oxygen atoms in total. The van der Waals surface area contributed by atoms with Crippen LogP contribution in [-0.2, 0) is 17.6 Å². The van der Waals surface area contributed by atoms with Gasteiger partial charge in [-0.2, -0.15) is 13.2 Å². The topological polar surface area (TPSA) is 32.3 Å². The number of halogens is 3. The first-order valence-corrected chi connectivity index (χ1v) is 8.09. The summed E-state index contributed by atoms with van der Waals surface area (Å²) in [6.07, 6.45) is -1.13. The van der Waals surface area contributed by atoms with Crippen LogP contribution in [0.5, 0.6) is 0 Å². The van der Waals surface area contributed by atoms with Crippen molar-refractivity contribution >= 4 is 11.6 Å². The molecular weight excluding hydrogens is 305 g/mol. The summed E-state index contributed by atoms with van der Waals surface area (Å²) in [6.45, 7) is 3.72. The summed E-state index contributed by atoms with van der Waals surface area (Å²) in [5, 5.41) is 3.33. The summed E-state index contributed by atoms with van der Waals surface area (Å²) in [7, 11) is 0. The molecule has 1 saturated heterocycles. The van der Waals surface area contributed by atoms with E-state index in [0.717, 1.165) is 48.4 Å². The van der Waals surface area contributed by atoms with E-state index in [4.69, 9.17) is 0 Å². The number of benzene rings is 1. The first-order chi connectivity index (χ1) is 10.9. The maximum atomic E-state index is 12.8. The van der Waals surface area contributed by atoms with Gasteiger partial charge in [-0.1, -0.05) is 12.1 Å². The van der Waals surface area contributed by atoms with Crippen LogP contribution in [-0.4, -0.2) is 31.2 Å². The van der Waals surface area contributed by atoms with Gasteiger partial charge in [0.25, 0.3) is 0 Å². The number of hydrogen-bond donors (Lipinski definition) is 1. The van der Waals surface area contributed by atoms with Gasteiger partial charge in [0.1, 0.15) is 0 Å². The Morgan fingerprint density at radius 1 is 1.30 bits per heavy atom. The normalized spacial score (nSPS) is 22.3. The van der Waals surface area contributed by atoms with Crippen molar-refractivity contribution in [3.63, 3.8) is 0 Å². The van der Waals surface area contributed by atoms with Gasteiger partial charge in [0.2, 0.25) is 0 Å². The number of alkyl halides is 3. The zero-order chi connectivity index (χ0) is 16.6. The lowest BCUT2D eigenvalue weighted by atomic mass is 9.90. The van der Waals surface area contributed by atoms with Gasteiger partial charge in [-0.15, -0.1) is 0 Å². The van der Waals surface area contributed by atoms with Gasteiger partial charge in [0.15, 0.2) is 0 Å². The maximum absolute atomic E-state index is 12.8. The Balaban J connectivity index is 1.79. The third-order valence-electron chi connectivity index (χ3n) is 4.80. The number of rotatable bonds is 2. The van der Waals surface area contributed by atoms with Crippen LogP contribution in [0, 0.1) is 5.92 Å². The number of hydrogen-bond acceptors (Lipinski definition) is 2. The number of nitrogens with one attached hydrogen (secondary N) is 1. The predicted octanol–water partition coefficient (Wildman–Crippen LogP) is 3.07. The Morgan fingerprint density at radius 3 is 2.65 bits per heavy atom. The Hall–Kier alpha value is -1.56. The van der Waals surface area contributed by atoms with Crippen LogP contribution in [0.2, 0.25) is 0 Å². The fourth-order valence-corrected chi connectivity index (χ4v) is 3.68. The number of nitrogens with zero attached hydrogens (tertiary/aromatic N) is 1. The average molecular weight is 326 g/mol. The molecule has 2 aliphatic rings. The monoisotopic (exact) mass is 326 g/mol. The van der Waals surface area contributed by atoms with Gasteiger partial charge in [0.05, 0.1) is 0 Å². The second kappa shape index (κ2) is 6.15. The number of fused-ring (bicyclic) bond motifs is 1. The second-order valence-electron chi connectivity index (χ2n) is 6.59. The molecule has 3 rings (SSSR count). The Kier molecular flexibility index (Phi) is 4.36. The largest absolute Gasteiger partial charge is 0.471 e. The number of anilines is 1. The molecule has 1 N–H and O–H groups in total. The standard InChI is InChI=1S/C17H21F3N2O/c1-11-8-14-10-13(9-12-4-6-21-7-5-12)2-3-15(14)22(11)16(23)17(18,19)20/h2-3,10-12,21H,4-9H2,1H3. The number of carbonyl (C=O) groups is 1. The van der Waals surface area contributed by atoms with Gasteiger partial charge < -0.3 is 10.2 Å². The SMILES string of the molecule is CC1Cc2cc(CC3CCNCC3)ccc2N1C(=O)C(F)(F)F. The minimum Gasteiger partial charge on any atom is -0.317 e. The Morgan fingerprint density at radius 2 is 2.00 bits per heavy atom. The van der Waals surface area contributed by atoms with E-state index in [0.29, 0.717) is 18.0 Å². The van der Waals surface area contributed by atoms with Gasteiger partial charge in [-0.05, 0) is 68.8 Å². The molecule has 1 fully saturated rings. The average Bonchev–Trinajstić information content (AvgIpc) is 2.81. The fraction of sp³-hybridized carbons (Fsp3) is 0.588. The zero-order valence-corrected chi connectivity index (χ0v) is 13.1. The summed E-state index contributed by atoms with van der Waals surface area (Å²) in [4.78, 5) is 12.5. The first kappa shape index (κ1) is 16.3. The molecule has 1 amide bonds. The minimum atomic E-state index is -4.83. The van der Waals surface area contributed by atoms with Crippen molar-refractivity contribution in [2.45, 2.75) is 44.8 Å². The van der Waals surface area contributed by atoms with Crippen molar-refractivity contribution in [2.24, 2.45) is 5.92 Å². The molecule has 2 heterocycles. The Bertz CT molecular complexity index is 594. The molecule has 0 aromatic heterocycles. The molecule has 0 aliphatic carbocycles. The van der Waals surface area contributed by atoms with Crippen LogP contribution in [0.15, 0.2) is 18.2 Å². The van der Waals surface area contributed by atoms with E-state index in [1.165, 1.54) is 0 Å². The van der Waals surface area contributed by atoms with Crippen LogP contribution in [0.1, 0.15) is 30.9 Å². The number of carbonyl (C=O) groups excluding carboxylic acids is 1. The van der Waals surface area contributed by atoms with E-state index >= 15 is 0 Å². The molecule has 0 radical (unpaired) electrons. The third kappa shape index (κ3) is 3.37. The van der Waals surface area contributed by atoms with E-state index in [1.807, 2.05) is 12.1 Å². The van der Waals surface area contributed by atoms with Gasteiger partial charge in [0, 0.05) is 11.7 Å². The summed E-state index contributed by atoms with van der Waals surface area (Å²) >= 11 is 0. The van der Waals surface area contributed by atoms with Crippen molar-refractivity contribution in [1.82, 2.24) is 5.32 Å². The Labute approximate surface area is 133 Å². The van der Waals surface area contributed by atoms with Crippen molar-refractivity contribution in [1.29, 1.82) is 0 Å². The lowest BCUT2D eigenvalue weighted by molar-refractivity contribution is -0.170. The molecule has 23 heavy (non-hydrogen) atoms.